The van der Waals surface area contributed by atoms with E-state index in [1.807, 2.05) is 66.9 Å². The van der Waals surface area contributed by atoms with Gasteiger partial charge in [0.15, 0.2) is 0 Å². The van der Waals surface area contributed by atoms with Crippen molar-refractivity contribution in [2.45, 2.75) is 37.4 Å². The Kier molecular flexibility index (Phi) is 6.00. The van der Waals surface area contributed by atoms with Crippen LogP contribution in [0.3, 0.4) is 0 Å². The number of ether oxygens (including phenoxy) is 3. The van der Waals surface area contributed by atoms with Crippen LogP contribution in [0.1, 0.15) is 17.3 Å². The van der Waals surface area contributed by atoms with E-state index in [0.29, 0.717) is 26.4 Å². The Balaban J connectivity index is 1.13. The molecule has 1 aromatic heterocycles. The summed E-state index contributed by atoms with van der Waals surface area (Å²) in [4.78, 5) is 12.3. The zero-order chi connectivity index (χ0) is 21.8. The summed E-state index contributed by atoms with van der Waals surface area (Å²) in [6.45, 7) is 1.63. The van der Waals surface area contributed by atoms with Crippen molar-refractivity contribution >= 4 is 6.03 Å². The van der Waals surface area contributed by atoms with Gasteiger partial charge in [0, 0.05) is 6.54 Å². The molecule has 2 saturated heterocycles. The molecule has 2 N–H and O–H groups in total. The van der Waals surface area contributed by atoms with Crippen molar-refractivity contribution in [1.29, 1.82) is 0 Å². The van der Waals surface area contributed by atoms with E-state index < -0.39 is 0 Å². The largest absolute Gasteiger partial charge is 0.487 e. The highest BCUT2D eigenvalue weighted by molar-refractivity contribution is 5.74. The molecule has 2 amide bonds. The molecule has 9 nitrogen and oxygen atoms in total. The van der Waals surface area contributed by atoms with Gasteiger partial charge in [0.2, 0.25) is 0 Å². The summed E-state index contributed by atoms with van der Waals surface area (Å²) in [5.41, 5.74) is 1.77. The van der Waals surface area contributed by atoms with E-state index in [9.17, 15) is 4.79 Å². The summed E-state index contributed by atoms with van der Waals surface area (Å²) in [7, 11) is 0. The van der Waals surface area contributed by atoms with Crippen molar-refractivity contribution in [2.24, 2.45) is 0 Å². The van der Waals surface area contributed by atoms with Crippen molar-refractivity contribution in [1.82, 2.24) is 25.6 Å². The van der Waals surface area contributed by atoms with Crippen LogP contribution >= 0.6 is 0 Å². The topological polar surface area (TPSA) is 99.5 Å². The third-order valence-corrected chi connectivity index (χ3v) is 5.67. The maximum atomic E-state index is 12.3. The van der Waals surface area contributed by atoms with Gasteiger partial charge in [-0.25, -0.2) is 9.48 Å². The lowest BCUT2D eigenvalue weighted by molar-refractivity contribution is 0.0622. The molecule has 3 heterocycles. The van der Waals surface area contributed by atoms with E-state index in [1.165, 1.54) is 0 Å². The molecule has 9 heteroatoms. The van der Waals surface area contributed by atoms with Gasteiger partial charge in [0.25, 0.3) is 0 Å². The molecule has 2 aliphatic heterocycles. The van der Waals surface area contributed by atoms with Crippen molar-refractivity contribution < 1.29 is 19.0 Å². The zero-order valence-corrected chi connectivity index (χ0v) is 17.5. The lowest BCUT2D eigenvalue weighted by Gasteiger charge is -2.18. The summed E-state index contributed by atoms with van der Waals surface area (Å²) < 4.78 is 19.5. The number of nitrogens with zero attached hydrogens (tertiary/aromatic N) is 3. The van der Waals surface area contributed by atoms with E-state index >= 15 is 0 Å². The Morgan fingerprint density at radius 2 is 1.78 bits per heavy atom. The van der Waals surface area contributed by atoms with Gasteiger partial charge in [-0.05, 0) is 17.7 Å². The molecule has 0 spiro atoms. The van der Waals surface area contributed by atoms with E-state index in [0.717, 1.165) is 17.0 Å². The van der Waals surface area contributed by atoms with Crippen LogP contribution in [-0.4, -0.2) is 52.5 Å². The number of hydrogen-bond acceptors (Lipinski definition) is 6. The Labute approximate surface area is 185 Å². The van der Waals surface area contributed by atoms with Gasteiger partial charge in [-0.2, -0.15) is 0 Å². The third kappa shape index (κ3) is 4.58. The lowest BCUT2D eigenvalue weighted by Crippen LogP contribution is -2.48. The molecule has 0 bridgehead atoms. The fourth-order valence-corrected chi connectivity index (χ4v) is 4.04. The van der Waals surface area contributed by atoms with Crippen LogP contribution < -0.4 is 15.4 Å². The number of para-hydroxylation sites is 1. The van der Waals surface area contributed by atoms with Crippen LogP contribution in [-0.2, 0) is 22.6 Å². The van der Waals surface area contributed by atoms with Gasteiger partial charge in [-0.1, -0.05) is 53.7 Å². The second-order valence-electron chi connectivity index (χ2n) is 7.87. The number of aromatic nitrogens is 3. The molecular weight excluding hydrogens is 410 g/mol. The summed E-state index contributed by atoms with van der Waals surface area (Å²) in [5, 5.41) is 14.3. The van der Waals surface area contributed by atoms with Crippen LogP contribution in [0, 0.1) is 0 Å². The van der Waals surface area contributed by atoms with Crippen LogP contribution in [0.4, 0.5) is 4.79 Å². The number of hydrogen-bond donors (Lipinski definition) is 2. The second-order valence-corrected chi connectivity index (χ2v) is 7.87. The third-order valence-electron chi connectivity index (χ3n) is 5.67. The Morgan fingerprint density at radius 1 is 1.03 bits per heavy atom. The normalized spacial score (nSPS) is 24.1. The molecule has 2 aliphatic rings. The van der Waals surface area contributed by atoms with Gasteiger partial charge < -0.3 is 24.8 Å². The number of fused-ring (bicyclic) bond motifs is 1. The Morgan fingerprint density at radius 3 is 2.59 bits per heavy atom. The van der Waals surface area contributed by atoms with Crippen molar-refractivity contribution in [2.75, 3.05) is 13.2 Å². The summed E-state index contributed by atoms with van der Waals surface area (Å²) in [6.07, 6.45) is 1.44. The van der Waals surface area contributed by atoms with Gasteiger partial charge in [0.05, 0.1) is 25.5 Å². The Hall–Kier alpha value is -3.43. The smallest absolute Gasteiger partial charge is 0.315 e. The van der Waals surface area contributed by atoms with E-state index in [-0.39, 0.29) is 30.3 Å². The summed E-state index contributed by atoms with van der Waals surface area (Å²) in [5.74, 6) is 0.782. The maximum absolute atomic E-state index is 12.3. The van der Waals surface area contributed by atoms with E-state index in [1.54, 1.807) is 4.68 Å². The van der Waals surface area contributed by atoms with Crippen molar-refractivity contribution in [3.63, 3.8) is 0 Å². The summed E-state index contributed by atoms with van der Waals surface area (Å²) >= 11 is 0. The molecular formula is C23H25N5O4. The molecule has 2 fully saturated rings. The zero-order valence-electron chi connectivity index (χ0n) is 17.5. The molecule has 0 radical (unpaired) electrons. The monoisotopic (exact) mass is 435 g/mol. The SMILES string of the molecule is O=C(NCc1ccccc1)N[C@H]1CO[C@H]2[C@@H]1OC[C@@H]2n1cc(COc2ccccc2)nn1. The standard InChI is InChI=1S/C23H25N5O4/c29-23(24-11-16-7-3-1-4-8-16)25-19-14-31-22-20(15-32-21(19)22)28-12-17(26-27-28)13-30-18-9-5-2-6-10-18/h1-10,12,19-22H,11,13-15H2,(H2,24,25,29)/t19-,20-,21+,22+/m0/s1. The first-order valence-electron chi connectivity index (χ1n) is 10.7. The first-order valence-corrected chi connectivity index (χ1v) is 10.7. The Bertz CT molecular complexity index is 1030. The van der Waals surface area contributed by atoms with E-state index in [4.69, 9.17) is 14.2 Å². The summed E-state index contributed by atoms with van der Waals surface area (Å²) in [6, 6.07) is 18.8. The molecule has 0 saturated carbocycles. The van der Waals surface area contributed by atoms with Gasteiger partial charge in [0.1, 0.15) is 36.3 Å². The molecule has 166 valence electrons. The second kappa shape index (κ2) is 9.37. The van der Waals surface area contributed by atoms with Crippen LogP contribution in [0.2, 0.25) is 0 Å². The predicted molar refractivity (Wildman–Crippen MR) is 115 cm³/mol. The fraction of sp³-hybridized carbons (Fsp3) is 0.348. The highest BCUT2D eigenvalue weighted by Crippen LogP contribution is 2.34. The van der Waals surface area contributed by atoms with Gasteiger partial charge >= 0.3 is 6.03 Å². The van der Waals surface area contributed by atoms with Gasteiger partial charge in [-0.15, -0.1) is 5.10 Å². The number of rotatable bonds is 7. The predicted octanol–water partition coefficient (Wildman–Crippen LogP) is 2.06. The van der Waals surface area contributed by atoms with Crippen molar-refractivity contribution in [3.05, 3.63) is 78.1 Å². The molecule has 4 atom stereocenters. The minimum absolute atomic E-state index is 0.0999. The number of carbonyl (C=O) groups is 1. The van der Waals surface area contributed by atoms with Crippen LogP contribution in [0.15, 0.2) is 66.9 Å². The number of amides is 2. The number of nitrogens with one attached hydrogen (secondary N) is 2. The minimum atomic E-state index is -0.240. The molecule has 2 aromatic carbocycles. The highest BCUT2D eigenvalue weighted by Gasteiger charge is 2.49. The molecule has 0 aliphatic carbocycles. The molecule has 32 heavy (non-hydrogen) atoms. The highest BCUT2D eigenvalue weighted by atomic mass is 16.6. The first kappa shape index (κ1) is 20.5. The number of urea groups is 1. The number of benzene rings is 2. The first-order chi connectivity index (χ1) is 15.8. The molecule has 3 aromatic rings. The molecule has 5 rings (SSSR count). The average molecular weight is 435 g/mol. The minimum Gasteiger partial charge on any atom is -0.487 e. The van der Waals surface area contributed by atoms with Crippen LogP contribution in [0.25, 0.3) is 0 Å². The van der Waals surface area contributed by atoms with Gasteiger partial charge in [-0.3, -0.25) is 0 Å². The lowest BCUT2D eigenvalue weighted by atomic mass is 10.1. The fourth-order valence-electron chi connectivity index (χ4n) is 4.04. The van der Waals surface area contributed by atoms with Crippen molar-refractivity contribution in [3.8, 4) is 5.75 Å². The number of carbonyl (C=O) groups excluding carboxylic acids is 1. The quantitative estimate of drug-likeness (QED) is 0.589. The average Bonchev–Trinajstić information content (AvgIpc) is 3.55. The van der Waals surface area contributed by atoms with Crippen LogP contribution in [0.5, 0.6) is 5.75 Å². The van der Waals surface area contributed by atoms with E-state index in [2.05, 4.69) is 20.9 Å². The maximum Gasteiger partial charge on any atom is 0.315 e. The molecule has 0 unspecified atom stereocenters.